The van der Waals surface area contributed by atoms with Gasteiger partial charge in [0.2, 0.25) is 12.2 Å². The lowest BCUT2D eigenvalue weighted by Gasteiger charge is -2.14. The van der Waals surface area contributed by atoms with E-state index in [4.69, 9.17) is 14.2 Å². The Morgan fingerprint density at radius 3 is 2.82 bits per heavy atom. The lowest BCUT2D eigenvalue weighted by atomic mass is 10.1. The Balaban J connectivity index is 1.99. The van der Waals surface area contributed by atoms with Crippen molar-refractivity contribution in [1.29, 1.82) is 0 Å². The molecule has 3 heterocycles. The molecule has 2 aromatic heterocycles. The zero-order valence-corrected chi connectivity index (χ0v) is 12.3. The topological polar surface area (TPSA) is 87.5 Å². The Morgan fingerprint density at radius 1 is 1.41 bits per heavy atom. The van der Waals surface area contributed by atoms with Crippen molar-refractivity contribution in [1.82, 2.24) is 20.1 Å². The number of carbonyl (C=O) groups is 1. The fraction of sp³-hybridized carbons (Fsp3) is 0.357. The summed E-state index contributed by atoms with van der Waals surface area (Å²) in [5.41, 5.74) is 2.27. The first-order valence-corrected chi connectivity index (χ1v) is 6.80. The molecule has 1 saturated heterocycles. The van der Waals surface area contributed by atoms with Crippen LogP contribution in [0.25, 0.3) is 11.1 Å². The lowest BCUT2D eigenvalue weighted by molar-refractivity contribution is -0.0470. The number of pyridine rings is 1. The Morgan fingerprint density at radius 2 is 2.18 bits per heavy atom. The van der Waals surface area contributed by atoms with Crippen molar-refractivity contribution >= 4 is 6.09 Å². The van der Waals surface area contributed by atoms with E-state index in [1.54, 1.807) is 16.9 Å². The summed E-state index contributed by atoms with van der Waals surface area (Å²) in [6, 6.07) is 3.43. The molecule has 1 N–H and O–H groups in total. The van der Waals surface area contributed by atoms with Crippen LogP contribution < -0.4 is 10.1 Å². The Kier molecular flexibility index (Phi) is 4.03. The number of hydrogen-bond donors (Lipinski definition) is 1. The first-order valence-electron chi connectivity index (χ1n) is 6.80. The molecule has 0 aromatic carbocycles. The number of carbonyl (C=O) groups excluding carboxylic acids is 1. The highest BCUT2D eigenvalue weighted by atomic mass is 16.7. The summed E-state index contributed by atoms with van der Waals surface area (Å²) in [5, 5.41) is 6.53. The zero-order chi connectivity index (χ0) is 15.5. The van der Waals surface area contributed by atoms with Gasteiger partial charge in [0.05, 0.1) is 19.4 Å². The van der Waals surface area contributed by atoms with Crippen molar-refractivity contribution < 1.29 is 19.0 Å². The number of amides is 1. The standard InChI is InChI=1S/C14H16N4O4/c1-15-14(19)22-11-4-3-10(9-7-16-18(2)8-9)12(17-11)13-20-5-6-21-13/h3-4,7-8,13H,5-6H2,1-2H3,(H,15,19). The van der Waals surface area contributed by atoms with Gasteiger partial charge in [-0.1, -0.05) is 0 Å². The number of ether oxygens (including phenoxy) is 3. The predicted octanol–water partition coefficient (Wildman–Crippen LogP) is 1.25. The molecule has 116 valence electrons. The van der Waals surface area contributed by atoms with Gasteiger partial charge in [-0.05, 0) is 6.07 Å². The van der Waals surface area contributed by atoms with E-state index in [2.05, 4.69) is 15.4 Å². The molecule has 0 radical (unpaired) electrons. The van der Waals surface area contributed by atoms with Crippen molar-refractivity contribution in [3.8, 4) is 17.0 Å². The van der Waals surface area contributed by atoms with E-state index in [1.807, 2.05) is 19.3 Å². The number of rotatable bonds is 3. The molecule has 1 fully saturated rings. The Hall–Kier alpha value is -2.45. The maximum Gasteiger partial charge on any atom is 0.413 e. The monoisotopic (exact) mass is 304 g/mol. The molecular formula is C14H16N4O4. The van der Waals surface area contributed by atoms with Gasteiger partial charge < -0.3 is 19.5 Å². The fourth-order valence-corrected chi connectivity index (χ4v) is 2.16. The molecule has 8 nitrogen and oxygen atoms in total. The van der Waals surface area contributed by atoms with Crippen LogP contribution in [-0.4, -0.2) is 41.1 Å². The summed E-state index contributed by atoms with van der Waals surface area (Å²) in [4.78, 5) is 15.7. The normalized spacial score (nSPS) is 15.0. The van der Waals surface area contributed by atoms with Crippen molar-refractivity contribution in [2.75, 3.05) is 20.3 Å². The van der Waals surface area contributed by atoms with E-state index < -0.39 is 12.4 Å². The van der Waals surface area contributed by atoms with Gasteiger partial charge in [-0.3, -0.25) is 4.68 Å². The number of aromatic nitrogens is 3. The van der Waals surface area contributed by atoms with Crippen molar-refractivity contribution in [2.24, 2.45) is 7.05 Å². The molecule has 8 heteroatoms. The Bertz CT molecular complexity index is 679. The Labute approximate surface area is 127 Å². The van der Waals surface area contributed by atoms with Crippen molar-refractivity contribution in [3.63, 3.8) is 0 Å². The summed E-state index contributed by atoms with van der Waals surface area (Å²) in [7, 11) is 3.32. The molecule has 2 aromatic rings. The second kappa shape index (κ2) is 6.12. The summed E-state index contributed by atoms with van der Waals surface area (Å²) in [5.74, 6) is 0.182. The number of aryl methyl sites for hydroxylation is 1. The van der Waals surface area contributed by atoms with Crippen LogP contribution in [0.5, 0.6) is 5.88 Å². The molecular weight excluding hydrogens is 288 g/mol. The lowest BCUT2D eigenvalue weighted by Crippen LogP contribution is -2.22. The predicted molar refractivity (Wildman–Crippen MR) is 76.2 cm³/mol. The van der Waals surface area contributed by atoms with Crippen molar-refractivity contribution in [2.45, 2.75) is 6.29 Å². The molecule has 0 saturated carbocycles. The molecule has 3 rings (SSSR count). The summed E-state index contributed by atoms with van der Waals surface area (Å²) < 4.78 is 17.8. The fourth-order valence-electron chi connectivity index (χ4n) is 2.16. The van der Waals surface area contributed by atoms with Gasteiger partial charge in [-0.25, -0.2) is 9.78 Å². The quantitative estimate of drug-likeness (QED) is 0.918. The van der Waals surface area contributed by atoms with E-state index in [0.717, 1.165) is 11.1 Å². The van der Waals surface area contributed by atoms with Crippen LogP contribution in [0.4, 0.5) is 4.79 Å². The smallest absolute Gasteiger partial charge is 0.391 e. The SMILES string of the molecule is CNC(=O)Oc1ccc(-c2cnn(C)c2)c(C2OCCO2)n1. The summed E-state index contributed by atoms with van der Waals surface area (Å²) in [6.45, 7) is 0.999. The molecule has 1 aliphatic rings. The first kappa shape index (κ1) is 14.5. The van der Waals surface area contributed by atoms with Crippen LogP contribution >= 0.6 is 0 Å². The molecule has 1 amide bonds. The maximum absolute atomic E-state index is 11.3. The highest BCUT2D eigenvalue weighted by Gasteiger charge is 2.25. The molecule has 22 heavy (non-hydrogen) atoms. The van der Waals surface area contributed by atoms with E-state index in [9.17, 15) is 4.79 Å². The minimum atomic E-state index is -0.583. The van der Waals surface area contributed by atoms with Crippen LogP contribution in [0.15, 0.2) is 24.5 Å². The molecule has 0 spiro atoms. The van der Waals surface area contributed by atoms with Gasteiger partial charge in [0, 0.05) is 37.5 Å². The minimum absolute atomic E-state index is 0.182. The third-order valence-electron chi connectivity index (χ3n) is 3.16. The molecule has 1 aliphatic heterocycles. The van der Waals surface area contributed by atoms with Crippen LogP contribution in [0.2, 0.25) is 0 Å². The van der Waals surface area contributed by atoms with E-state index in [0.29, 0.717) is 18.9 Å². The van der Waals surface area contributed by atoms with E-state index in [-0.39, 0.29) is 5.88 Å². The largest absolute Gasteiger partial charge is 0.413 e. The number of hydrogen-bond acceptors (Lipinski definition) is 6. The third-order valence-corrected chi connectivity index (χ3v) is 3.16. The second-order valence-corrected chi connectivity index (χ2v) is 4.70. The zero-order valence-electron chi connectivity index (χ0n) is 12.3. The van der Waals surface area contributed by atoms with Crippen LogP contribution in [0.3, 0.4) is 0 Å². The molecule has 0 aliphatic carbocycles. The third kappa shape index (κ3) is 2.92. The molecule has 0 unspecified atom stereocenters. The van der Waals surface area contributed by atoms with E-state index >= 15 is 0 Å². The van der Waals surface area contributed by atoms with Crippen LogP contribution in [0.1, 0.15) is 12.0 Å². The summed E-state index contributed by atoms with van der Waals surface area (Å²) >= 11 is 0. The van der Waals surface area contributed by atoms with Crippen LogP contribution in [0, 0.1) is 0 Å². The maximum atomic E-state index is 11.3. The van der Waals surface area contributed by atoms with Gasteiger partial charge in [0.1, 0.15) is 5.69 Å². The van der Waals surface area contributed by atoms with Gasteiger partial charge in [-0.2, -0.15) is 5.10 Å². The van der Waals surface area contributed by atoms with Gasteiger partial charge in [0.15, 0.2) is 0 Å². The van der Waals surface area contributed by atoms with Crippen LogP contribution in [-0.2, 0) is 16.5 Å². The van der Waals surface area contributed by atoms with Gasteiger partial charge in [0.25, 0.3) is 0 Å². The second-order valence-electron chi connectivity index (χ2n) is 4.70. The minimum Gasteiger partial charge on any atom is -0.391 e. The first-order chi connectivity index (χ1) is 10.7. The average molecular weight is 304 g/mol. The number of nitrogens with one attached hydrogen (secondary N) is 1. The van der Waals surface area contributed by atoms with Gasteiger partial charge >= 0.3 is 6.09 Å². The highest BCUT2D eigenvalue weighted by Crippen LogP contribution is 2.32. The van der Waals surface area contributed by atoms with E-state index in [1.165, 1.54) is 7.05 Å². The summed E-state index contributed by atoms with van der Waals surface area (Å²) in [6.07, 6.45) is 2.44. The average Bonchev–Trinajstić information content (AvgIpc) is 3.18. The molecule has 0 atom stereocenters. The molecule has 0 bridgehead atoms. The highest BCUT2D eigenvalue weighted by molar-refractivity contribution is 5.70. The number of nitrogens with zero attached hydrogens (tertiary/aromatic N) is 3. The van der Waals surface area contributed by atoms with Gasteiger partial charge in [-0.15, -0.1) is 0 Å². The van der Waals surface area contributed by atoms with Crippen molar-refractivity contribution in [3.05, 3.63) is 30.2 Å².